The van der Waals surface area contributed by atoms with Gasteiger partial charge in [-0.2, -0.15) is 5.26 Å². The highest BCUT2D eigenvalue weighted by Crippen LogP contribution is 2.32. The second-order valence-corrected chi connectivity index (χ2v) is 9.49. The fourth-order valence-electron chi connectivity index (χ4n) is 4.43. The van der Waals surface area contributed by atoms with Crippen LogP contribution in [-0.4, -0.2) is 30.5 Å². The van der Waals surface area contributed by atoms with E-state index in [9.17, 15) is 19.1 Å². The van der Waals surface area contributed by atoms with E-state index in [2.05, 4.69) is 11.4 Å². The van der Waals surface area contributed by atoms with Gasteiger partial charge in [-0.1, -0.05) is 35.9 Å². The average Bonchev–Trinajstić information content (AvgIpc) is 2.81. The molecule has 2 N–H and O–H groups in total. The SMILES string of the molecule is COCC(C)(O)C(N[C@@H](C)[C@@H](Cc1ccc(Cl)cc1)c1cccc(C#N)c1)c1cc(F)cc(F)c1. The lowest BCUT2D eigenvalue weighted by atomic mass is 9.83. The highest BCUT2D eigenvalue weighted by atomic mass is 35.5. The number of hydrogen-bond donors (Lipinski definition) is 2. The Morgan fingerprint density at radius 2 is 1.71 bits per heavy atom. The maximum Gasteiger partial charge on any atom is 0.126 e. The molecule has 0 aliphatic heterocycles. The van der Waals surface area contributed by atoms with Gasteiger partial charge in [0.15, 0.2) is 0 Å². The molecule has 184 valence electrons. The minimum Gasteiger partial charge on any atom is -0.386 e. The van der Waals surface area contributed by atoms with Crippen molar-refractivity contribution in [1.82, 2.24) is 5.32 Å². The van der Waals surface area contributed by atoms with Crippen molar-refractivity contribution in [3.05, 3.63) is 106 Å². The first-order valence-corrected chi connectivity index (χ1v) is 11.7. The van der Waals surface area contributed by atoms with Gasteiger partial charge in [0.25, 0.3) is 0 Å². The van der Waals surface area contributed by atoms with E-state index >= 15 is 0 Å². The number of halogens is 3. The van der Waals surface area contributed by atoms with Crippen molar-refractivity contribution in [1.29, 1.82) is 5.26 Å². The van der Waals surface area contributed by atoms with Gasteiger partial charge >= 0.3 is 0 Å². The second-order valence-electron chi connectivity index (χ2n) is 9.06. The van der Waals surface area contributed by atoms with Crippen LogP contribution in [0.15, 0.2) is 66.7 Å². The Morgan fingerprint density at radius 3 is 2.31 bits per heavy atom. The molecule has 7 heteroatoms. The third-order valence-corrected chi connectivity index (χ3v) is 6.37. The zero-order chi connectivity index (χ0) is 25.6. The number of nitrogens with one attached hydrogen (secondary N) is 1. The normalized spacial score (nSPS) is 15.6. The quantitative estimate of drug-likeness (QED) is 0.363. The summed E-state index contributed by atoms with van der Waals surface area (Å²) in [5.74, 6) is -1.59. The van der Waals surface area contributed by atoms with Crippen molar-refractivity contribution in [2.75, 3.05) is 13.7 Å². The largest absolute Gasteiger partial charge is 0.386 e. The number of hydrogen-bond acceptors (Lipinski definition) is 4. The molecular weight excluding hydrogens is 470 g/mol. The summed E-state index contributed by atoms with van der Waals surface area (Å²) in [5.41, 5.74) is 1.29. The number of methoxy groups -OCH3 is 1. The zero-order valence-electron chi connectivity index (χ0n) is 19.9. The van der Waals surface area contributed by atoms with Crippen LogP contribution in [0.25, 0.3) is 0 Å². The summed E-state index contributed by atoms with van der Waals surface area (Å²) in [7, 11) is 1.46. The van der Waals surface area contributed by atoms with Gasteiger partial charge in [0, 0.05) is 30.2 Å². The van der Waals surface area contributed by atoms with Crippen LogP contribution in [0.5, 0.6) is 0 Å². The Morgan fingerprint density at radius 1 is 1.06 bits per heavy atom. The number of ether oxygens (including phenoxy) is 1. The Hall–Kier alpha value is -2.82. The van der Waals surface area contributed by atoms with Gasteiger partial charge in [-0.15, -0.1) is 0 Å². The Balaban J connectivity index is 2.01. The lowest BCUT2D eigenvalue weighted by Gasteiger charge is -2.38. The summed E-state index contributed by atoms with van der Waals surface area (Å²) in [6.07, 6.45) is 0.608. The monoisotopic (exact) mass is 498 g/mol. The first kappa shape index (κ1) is 26.8. The van der Waals surface area contributed by atoms with Crippen LogP contribution in [0.4, 0.5) is 8.78 Å². The maximum absolute atomic E-state index is 14.1. The van der Waals surface area contributed by atoms with Crippen LogP contribution in [0.1, 0.15) is 48.1 Å². The van der Waals surface area contributed by atoms with Crippen molar-refractivity contribution in [2.24, 2.45) is 0 Å². The Bertz CT molecular complexity index is 1160. The first-order chi connectivity index (χ1) is 16.6. The van der Waals surface area contributed by atoms with Gasteiger partial charge in [-0.05, 0) is 73.4 Å². The minimum absolute atomic E-state index is 0.0543. The summed E-state index contributed by atoms with van der Waals surface area (Å²) >= 11 is 6.06. The van der Waals surface area contributed by atoms with Gasteiger partial charge in [-0.25, -0.2) is 8.78 Å². The summed E-state index contributed by atoms with van der Waals surface area (Å²) < 4.78 is 33.4. The molecule has 0 amide bonds. The summed E-state index contributed by atoms with van der Waals surface area (Å²) in [6.45, 7) is 3.46. The standard InChI is InChI=1S/C28H29ClF2N2O2/c1-18(33-27(28(2,34)17-35-3)22-13-24(30)15-25(31)14-22)26(12-19-7-9-23(29)10-8-19)21-6-4-5-20(11-21)16-32/h4-11,13-15,18,26-27,33-34H,12,17H2,1-3H3/t18-,26+,27?,28?/m0/s1. The van der Waals surface area contributed by atoms with E-state index in [1.807, 2.05) is 49.4 Å². The molecule has 0 fully saturated rings. The highest BCUT2D eigenvalue weighted by molar-refractivity contribution is 6.30. The van der Waals surface area contributed by atoms with E-state index in [1.54, 1.807) is 13.0 Å². The lowest BCUT2D eigenvalue weighted by molar-refractivity contribution is -0.0480. The Labute approximate surface area is 210 Å². The fraction of sp³-hybridized carbons (Fsp3) is 0.321. The topological polar surface area (TPSA) is 65.3 Å². The molecule has 4 nitrogen and oxygen atoms in total. The highest BCUT2D eigenvalue weighted by Gasteiger charge is 2.36. The van der Waals surface area contributed by atoms with Crippen LogP contribution >= 0.6 is 11.6 Å². The van der Waals surface area contributed by atoms with Crippen LogP contribution in [0, 0.1) is 23.0 Å². The molecule has 0 aliphatic carbocycles. The van der Waals surface area contributed by atoms with Crippen LogP contribution < -0.4 is 5.32 Å². The molecule has 4 atom stereocenters. The van der Waals surface area contributed by atoms with E-state index in [4.69, 9.17) is 16.3 Å². The summed E-state index contributed by atoms with van der Waals surface area (Å²) in [5, 5.41) is 24.7. The molecule has 3 aromatic carbocycles. The summed E-state index contributed by atoms with van der Waals surface area (Å²) in [6, 6.07) is 19.1. The molecule has 0 aliphatic rings. The van der Waals surface area contributed by atoms with Gasteiger partial charge < -0.3 is 15.2 Å². The fourth-order valence-corrected chi connectivity index (χ4v) is 4.55. The smallest absolute Gasteiger partial charge is 0.126 e. The molecule has 3 aromatic rings. The van der Waals surface area contributed by atoms with Crippen molar-refractivity contribution in [2.45, 2.75) is 43.9 Å². The van der Waals surface area contributed by atoms with Gasteiger partial charge in [0.2, 0.25) is 0 Å². The van der Waals surface area contributed by atoms with Crippen LogP contribution in [0.3, 0.4) is 0 Å². The van der Waals surface area contributed by atoms with Gasteiger partial charge in [0.05, 0.1) is 24.3 Å². The van der Waals surface area contributed by atoms with E-state index in [-0.39, 0.29) is 24.1 Å². The molecular formula is C28H29ClF2N2O2. The van der Waals surface area contributed by atoms with Crippen molar-refractivity contribution >= 4 is 11.6 Å². The predicted octanol–water partition coefficient (Wildman–Crippen LogP) is 5.93. The zero-order valence-corrected chi connectivity index (χ0v) is 20.7. The average molecular weight is 499 g/mol. The number of aliphatic hydroxyl groups is 1. The molecule has 0 spiro atoms. The molecule has 0 saturated heterocycles. The van der Waals surface area contributed by atoms with E-state index < -0.39 is 23.3 Å². The molecule has 35 heavy (non-hydrogen) atoms. The molecule has 0 aromatic heterocycles. The van der Waals surface area contributed by atoms with Crippen LogP contribution in [-0.2, 0) is 11.2 Å². The number of rotatable bonds is 10. The molecule has 0 radical (unpaired) electrons. The summed E-state index contributed by atoms with van der Waals surface area (Å²) in [4.78, 5) is 0. The van der Waals surface area contributed by atoms with Crippen LogP contribution in [0.2, 0.25) is 5.02 Å². The first-order valence-electron chi connectivity index (χ1n) is 11.3. The maximum atomic E-state index is 14.1. The van der Waals surface area contributed by atoms with E-state index in [1.165, 1.54) is 19.2 Å². The molecule has 0 bridgehead atoms. The number of nitrogens with zero attached hydrogens (tertiary/aromatic N) is 1. The van der Waals surface area contributed by atoms with Gasteiger partial charge in [-0.3, -0.25) is 0 Å². The van der Waals surface area contributed by atoms with E-state index in [0.717, 1.165) is 17.2 Å². The number of benzene rings is 3. The third kappa shape index (κ3) is 7.09. The van der Waals surface area contributed by atoms with Crippen molar-refractivity contribution < 1.29 is 18.6 Å². The van der Waals surface area contributed by atoms with Crippen molar-refractivity contribution in [3.8, 4) is 6.07 Å². The minimum atomic E-state index is -1.47. The Kier molecular flexibility index (Phi) is 8.98. The van der Waals surface area contributed by atoms with Gasteiger partial charge in [0.1, 0.15) is 17.2 Å². The predicted molar refractivity (Wildman–Crippen MR) is 133 cm³/mol. The molecule has 2 unspecified atom stereocenters. The molecule has 0 saturated carbocycles. The number of nitriles is 1. The lowest BCUT2D eigenvalue weighted by Crippen LogP contribution is -2.49. The van der Waals surface area contributed by atoms with E-state index in [0.29, 0.717) is 17.0 Å². The van der Waals surface area contributed by atoms with Crippen molar-refractivity contribution in [3.63, 3.8) is 0 Å². The molecule has 3 rings (SSSR count). The molecule has 0 heterocycles. The third-order valence-electron chi connectivity index (χ3n) is 6.12. The second kappa shape index (κ2) is 11.7.